The molecule has 25 heavy (non-hydrogen) atoms. The Morgan fingerprint density at radius 2 is 2.16 bits per heavy atom. The zero-order chi connectivity index (χ0) is 17.6. The van der Waals surface area contributed by atoms with Crippen LogP contribution in [0.25, 0.3) is 11.0 Å². The third kappa shape index (κ3) is 4.45. The van der Waals surface area contributed by atoms with Crippen LogP contribution < -0.4 is 10.9 Å². The van der Waals surface area contributed by atoms with Crippen LogP contribution in [-0.2, 0) is 11.3 Å². The van der Waals surface area contributed by atoms with Gasteiger partial charge in [0.2, 0.25) is 5.91 Å². The lowest BCUT2D eigenvalue weighted by Gasteiger charge is -2.33. The van der Waals surface area contributed by atoms with Gasteiger partial charge in [0.1, 0.15) is 6.54 Å². The van der Waals surface area contributed by atoms with Crippen molar-refractivity contribution in [1.82, 2.24) is 19.8 Å². The molecule has 0 radical (unpaired) electrons. The standard InChI is InChI=1S/C19H26N4O2/c1-15-7-4-5-11-22(15)12-6-10-20-18(24)14-23-17-9-3-2-8-16(17)21-13-19(23)25/h2-3,8-9,13,15H,4-7,10-12,14H2,1H3,(H,20,24). The van der Waals surface area contributed by atoms with Gasteiger partial charge in [0.15, 0.2) is 0 Å². The van der Waals surface area contributed by atoms with Gasteiger partial charge in [-0.15, -0.1) is 0 Å². The maximum atomic E-state index is 12.2. The molecule has 1 N–H and O–H groups in total. The van der Waals surface area contributed by atoms with E-state index in [1.807, 2.05) is 24.3 Å². The molecule has 6 heteroatoms. The summed E-state index contributed by atoms with van der Waals surface area (Å²) in [7, 11) is 0. The fraction of sp³-hybridized carbons (Fsp3) is 0.526. The van der Waals surface area contributed by atoms with Gasteiger partial charge < -0.3 is 10.2 Å². The summed E-state index contributed by atoms with van der Waals surface area (Å²) in [5.74, 6) is -0.134. The van der Waals surface area contributed by atoms with Crippen molar-refractivity contribution in [2.75, 3.05) is 19.6 Å². The Morgan fingerprint density at radius 3 is 3.00 bits per heavy atom. The van der Waals surface area contributed by atoms with Crippen molar-refractivity contribution in [3.63, 3.8) is 0 Å². The molecule has 0 aliphatic carbocycles. The van der Waals surface area contributed by atoms with E-state index in [1.165, 1.54) is 30.0 Å². The van der Waals surface area contributed by atoms with Crippen molar-refractivity contribution in [1.29, 1.82) is 0 Å². The fourth-order valence-corrected chi connectivity index (χ4v) is 3.48. The van der Waals surface area contributed by atoms with E-state index in [1.54, 1.807) is 0 Å². The Hall–Kier alpha value is -2.21. The van der Waals surface area contributed by atoms with Gasteiger partial charge in [0.25, 0.3) is 5.56 Å². The van der Waals surface area contributed by atoms with Gasteiger partial charge in [-0.25, -0.2) is 4.98 Å². The molecule has 134 valence electrons. The van der Waals surface area contributed by atoms with Crippen LogP contribution in [0.5, 0.6) is 0 Å². The summed E-state index contributed by atoms with van der Waals surface area (Å²) < 4.78 is 1.48. The summed E-state index contributed by atoms with van der Waals surface area (Å²) in [4.78, 5) is 30.9. The highest BCUT2D eigenvalue weighted by molar-refractivity contribution is 5.79. The van der Waals surface area contributed by atoms with E-state index in [-0.39, 0.29) is 18.0 Å². The third-order valence-electron chi connectivity index (χ3n) is 4.94. The molecule has 2 heterocycles. The molecule has 0 spiro atoms. The predicted octanol–water partition coefficient (Wildman–Crippen LogP) is 1.78. The molecule has 1 aromatic carbocycles. The molecule has 1 fully saturated rings. The smallest absolute Gasteiger partial charge is 0.269 e. The Labute approximate surface area is 147 Å². The minimum atomic E-state index is -0.254. The highest BCUT2D eigenvalue weighted by Crippen LogP contribution is 2.16. The van der Waals surface area contributed by atoms with Gasteiger partial charge in [-0.05, 0) is 44.9 Å². The van der Waals surface area contributed by atoms with E-state index in [4.69, 9.17) is 0 Å². The van der Waals surface area contributed by atoms with Gasteiger partial charge >= 0.3 is 0 Å². The summed E-state index contributed by atoms with van der Waals surface area (Å²) in [6, 6.07) is 8.01. The van der Waals surface area contributed by atoms with Crippen LogP contribution in [0.2, 0.25) is 0 Å². The number of fused-ring (bicyclic) bond motifs is 1. The number of carbonyl (C=O) groups is 1. The molecular formula is C19H26N4O2. The Morgan fingerprint density at radius 1 is 1.32 bits per heavy atom. The van der Waals surface area contributed by atoms with Crippen molar-refractivity contribution < 1.29 is 4.79 Å². The largest absolute Gasteiger partial charge is 0.355 e. The monoisotopic (exact) mass is 342 g/mol. The number of likely N-dealkylation sites (tertiary alicyclic amines) is 1. The number of aromatic nitrogens is 2. The number of hydrogen-bond acceptors (Lipinski definition) is 4. The summed E-state index contributed by atoms with van der Waals surface area (Å²) in [5, 5.41) is 2.93. The van der Waals surface area contributed by atoms with Crippen molar-refractivity contribution in [2.45, 2.75) is 45.2 Å². The van der Waals surface area contributed by atoms with Crippen molar-refractivity contribution in [3.8, 4) is 0 Å². The molecule has 0 saturated carbocycles. The maximum absolute atomic E-state index is 12.2. The van der Waals surface area contributed by atoms with Gasteiger partial charge in [0, 0.05) is 19.1 Å². The fourth-order valence-electron chi connectivity index (χ4n) is 3.48. The predicted molar refractivity (Wildman–Crippen MR) is 98.5 cm³/mol. The van der Waals surface area contributed by atoms with E-state index in [2.05, 4.69) is 22.1 Å². The minimum absolute atomic E-state index is 0.0297. The first kappa shape index (κ1) is 17.6. The highest BCUT2D eigenvalue weighted by atomic mass is 16.2. The van der Waals surface area contributed by atoms with Crippen molar-refractivity contribution >= 4 is 16.9 Å². The summed E-state index contributed by atoms with van der Waals surface area (Å²) >= 11 is 0. The second kappa shape index (κ2) is 8.25. The second-order valence-electron chi connectivity index (χ2n) is 6.76. The number of amides is 1. The quantitative estimate of drug-likeness (QED) is 0.813. The lowest BCUT2D eigenvalue weighted by atomic mass is 10.0. The van der Waals surface area contributed by atoms with Crippen LogP contribution in [0.4, 0.5) is 0 Å². The molecule has 1 unspecified atom stereocenters. The molecule has 3 rings (SSSR count). The third-order valence-corrected chi connectivity index (χ3v) is 4.94. The highest BCUT2D eigenvalue weighted by Gasteiger charge is 2.17. The van der Waals surface area contributed by atoms with E-state index in [9.17, 15) is 9.59 Å². The Bertz CT molecular complexity index is 786. The zero-order valence-electron chi connectivity index (χ0n) is 14.8. The number of para-hydroxylation sites is 2. The van der Waals surface area contributed by atoms with Crippen LogP contribution in [-0.4, -0.2) is 46.0 Å². The van der Waals surface area contributed by atoms with Crippen molar-refractivity contribution in [2.24, 2.45) is 0 Å². The SMILES string of the molecule is CC1CCCCN1CCCNC(=O)Cn1c(=O)cnc2ccccc21. The van der Waals surface area contributed by atoms with E-state index >= 15 is 0 Å². The van der Waals surface area contributed by atoms with Crippen LogP contribution in [0, 0.1) is 0 Å². The molecule has 1 aliphatic rings. The Balaban J connectivity index is 1.51. The molecular weight excluding hydrogens is 316 g/mol. The van der Waals surface area contributed by atoms with E-state index in [0.29, 0.717) is 23.6 Å². The first-order valence-electron chi connectivity index (χ1n) is 9.10. The lowest BCUT2D eigenvalue weighted by molar-refractivity contribution is -0.121. The first-order chi connectivity index (χ1) is 12.1. The number of hydrogen-bond donors (Lipinski definition) is 1. The van der Waals surface area contributed by atoms with Crippen molar-refractivity contribution in [3.05, 3.63) is 40.8 Å². The summed E-state index contributed by atoms with van der Waals surface area (Å²) in [5.41, 5.74) is 1.15. The van der Waals surface area contributed by atoms with Gasteiger partial charge in [0.05, 0.1) is 17.2 Å². The molecule has 1 amide bonds. The summed E-state index contributed by atoms with van der Waals surface area (Å²) in [6.45, 7) is 5.12. The van der Waals surface area contributed by atoms with E-state index < -0.39 is 0 Å². The number of nitrogens with one attached hydrogen (secondary N) is 1. The topological polar surface area (TPSA) is 67.2 Å². The van der Waals surface area contributed by atoms with Gasteiger partial charge in [-0.1, -0.05) is 18.6 Å². The average Bonchev–Trinajstić information content (AvgIpc) is 2.62. The lowest BCUT2D eigenvalue weighted by Crippen LogP contribution is -2.39. The average molecular weight is 342 g/mol. The molecule has 1 atom stereocenters. The van der Waals surface area contributed by atoms with Crippen LogP contribution >= 0.6 is 0 Å². The number of benzene rings is 1. The van der Waals surface area contributed by atoms with Crippen LogP contribution in [0.1, 0.15) is 32.6 Å². The first-order valence-corrected chi connectivity index (χ1v) is 9.10. The zero-order valence-corrected chi connectivity index (χ0v) is 14.8. The Kier molecular flexibility index (Phi) is 5.81. The molecule has 0 bridgehead atoms. The van der Waals surface area contributed by atoms with Gasteiger partial charge in [-0.3, -0.25) is 14.2 Å². The number of nitrogens with zero attached hydrogens (tertiary/aromatic N) is 3. The number of carbonyl (C=O) groups excluding carboxylic acids is 1. The number of rotatable bonds is 6. The molecule has 6 nitrogen and oxygen atoms in total. The number of piperidine rings is 1. The molecule has 2 aromatic rings. The normalized spacial score (nSPS) is 18.4. The molecule has 1 saturated heterocycles. The van der Waals surface area contributed by atoms with Gasteiger partial charge in [-0.2, -0.15) is 0 Å². The van der Waals surface area contributed by atoms with E-state index in [0.717, 1.165) is 19.5 Å². The molecule has 1 aliphatic heterocycles. The van der Waals surface area contributed by atoms with Crippen LogP contribution in [0.15, 0.2) is 35.3 Å². The minimum Gasteiger partial charge on any atom is -0.355 e. The van der Waals surface area contributed by atoms with Crippen LogP contribution in [0.3, 0.4) is 0 Å². The second-order valence-corrected chi connectivity index (χ2v) is 6.76. The maximum Gasteiger partial charge on any atom is 0.269 e. The molecule has 1 aromatic heterocycles. The summed E-state index contributed by atoms with van der Waals surface area (Å²) in [6.07, 6.45) is 6.07.